The molecule has 104 valence electrons. The molecule has 19 heavy (non-hydrogen) atoms. The first-order valence-corrected chi connectivity index (χ1v) is 7.60. The first-order valence-electron chi connectivity index (χ1n) is 6.31. The Morgan fingerprint density at radius 3 is 2.74 bits per heavy atom. The number of carbonyl (C=O) groups excluding carboxylic acids is 1. The predicted molar refractivity (Wildman–Crippen MR) is 80.9 cm³/mol. The maximum Gasteiger partial charge on any atom is 0.235 e. The summed E-state index contributed by atoms with van der Waals surface area (Å²) in [6.07, 6.45) is 1.54. The lowest BCUT2D eigenvalue weighted by atomic mass is 9.61. The van der Waals surface area contributed by atoms with E-state index in [4.69, 9.17) is 18.0 Å². The van der Waals surface area contributed by atoms with E-state index in [1.165, 1.54) is 0 Å². The van der Waals surface area contributed by atoms with Gasteiger partial charge in [0, 0.05) is 11.9 Å². The Balaban J connectivity index is 2.10. The molecule has 0 saturated heterocycles. The molecule has 2 N–H and O–H groups in total. The second-order valence-electron chi connectivity index (χ2n) is 5.48. The van der Waals surface area contributed by atoms with E-state index in [-0.39, 0.29) is 5.91 Å². The molecule has 0 radical (unpaired) electrons. The van der Waals surface area contributed by atoms with Crippen LogP contribution in [0.1, 0.15) is 30.3 Å². The number of hydrogen-bond acceptors (Lipinski definition) is 4. The summed E-state index contributed by atoms with van der Waals surface area (Å²) in [5.74, 6) is 0.565. The third-order valence-electron chi connectivity index (χ3n) is 3.85. The Morgan fingerprint density at radius 2 is 2.32 bits per heavy atom. The molecular weight excluding hydrogens is 278 g/mol. The van der Waals surface area contributed by atoms with E-state index in [9.17, 15) is 4.79 Å². The van der Waals surface area contributed by atoms with Crippen molar-refractivity contribution in [2.24, 2.45) is 17.1 Å². The maximum atomic E-state index is 12.6. The van der Waals surface area contributed by atoms with Gasteiger partial charge < -0.3 is 10.6 Å². The van der Waals surface area contributed by atoms with E-state index in [2.05, 4.69) is 11.9 Å². The number of nitrogens with two attached hydrogens (primary N) is 1. The molecule has 0 aromatic carbocycles. The minimum Gasteiger partial charge on any atom is -0.392 e. The number of rotatable bonds is 4. The third kappa shape index (κ3) is 2.51. The zero-order chi connectivity index (χ0) is 14.2. The standard InChI is InChI=1S/C13H19N3OS2/c1-8-4-13(5-8,11(14)18)12(17)16(3)6-10-9(2)15-7-19-10/h7-8H,4-6H2,1-3H3,(H2,14,18). The summed E-state index contributed by atoms with van der Waals surface area (Å²) in [5, 5.41) is 0. The van der Waals surface area contributed by atoms with Crippen LogP contribution in [-0.4, -0.2) is 27.8 Å². The number of aromatic nitrogens is 1. The van der Waals surface area contributed by atoms with Crippen molar-refractivity contribution >= 4 is 34.5 Å². The van der Waals surface area contributed by atoms with Gasteiger partial charge in [0.2, 0.25) is 5.91 Å². The Labute approximate surface area is 123 Å². The summed E-state index contributed by atoms with van der Waals surface area (Å²) in [6.45, 7) is 4.66. The SMILES string of the molecule is Cc1ncsc1CN(C)C(=O)C1(C(N)=S)CC(C)C1. The van der Waals surface area contributed by atoms with Crippen LogP contribution >= 0.6 is 23.6 Å². The van der Waals surface area contributed by atoms with Crippen LogP contribution in [0.3, 0.4) is 0 Å². The van der Waals surface area contributed by atoms with Crippen molar-refractivity contribution in [3.05, 3.63) is 16.1 Å². The zero-order valence-electron chi connectivity index (χ0n) is 11.5. The van der Waals surface area contributed by atoms with Crippen LogP contribution in [-0.2, 0) is 11.3 Å². The largest absolute Gasteiger partial charge is 0.392 e. The zero-order valence-corrected chi connectivity index (χ0v) is 13.1. The molecule has 0 atom stereocenters. The van der Waals surface area contributed by atoms with E-state index in [1.54, 1.807) is 21.7 Å². The molecule has 0 bridgehead atoms. The van der Waals surface area contributed by atoms with Gasteiger partial charge in [0.1, 0.15) is 0 Å². The van der Waals surface area contributed by atoms with E-state index < -0.39 is 5.41 Å². The minimum absolute atomic E-state index is 0.0471. The van der Waals surface area contributed by atoms with Crippen molar-refractivity contribution in [1.82, 2.24) is 9.88 Å². The average molecular weight is 297 g/mol. The molecule has 1 aliphatic carbocycles. The minimum atomic E-state index is -0.609. The molecule has 0 aliphatic heterocycles. The number of carbonyl (C=O) groups is 1. The van der Waals surface area contributed by atoms with Crippen molar-refractivity contribution in [2.45, 2.75) is 33.2 Å². The lowest BCUT2D eigenvalue weighted by Gasteiger charge is -2.45. The number of aryl methyl sites for hydroxylation is 1. The van der Waals surface area contributed by atoms with Crippen LogP contribution in [0.4, 0.5) is 0 Å². The van der Waals surface area contributed by atoms with Crippen LogP contribution in [0.2, 0.25) is 0 Å². The lowest BCUT2D eigenvalue weighted by molar-refractivity contribution is -0.143. The third-order valence-corrected chi connectivity index (χ3v) is 5.16. The van der Waals surface area contributed by atoms with Crippen molar-refractivity contribution in [1.29, 1.82) is 0 Å². The van der Waals surface area contributed by atoms with Crippen LogP contribution in [0.15, 0.2) is 5.51 Å². The van der Waals surface area contributed by atoms with Gasteiger partial charge in [-0.3, -0.25) is 4.79 Å². The van der Waals surface area contributed by atoms with Gasteiger partial charge >= 0.3 is 0 Å². The topological polar surface area (TPSA) is 59.2 Å². The highest BCUT2D eigenvalue weighted by Crippen LogP contribution is 2.47. The summed E-state index contributed by atoms with van der Waals surface area (Å²) >= 11 is 6.69. The van der Waals surface area contributed by atoms with Crippen molar-refractivity contribution in [3.63, 3.8) is 0 Å². The summed E-state index contributed by atoms with van der Waals surface area (Å²) < 4.78 is 0. The first kappa shape index (κ1) is 14.4. The molecule has 0 unspecified atom stereocenters. The van der Waals surface area contributed by atoms with Crippen molar-refractivity contribution in [3.8, 4) is 0 Å². The smallest absolute Gasteiger partial charge is 0.235 e. The summed E-state index contributed by atoms with van der Waals surface area (Å²) in [4.78, 5) is 20.0. The van der Waals surface area contributed by atoms with Crippen molar-refractivity contribution < 1.29 is 4.79 Å². The van der Waals surface area contributed by atoms with Gasteiger partial charge in [0.25, 0.3) is 0 Å². The number of hydrogen-bond donors (Lipinski definition) is 1. The summed E-state index contributed by atoms with van der Waals surface area (Å²) in [6, 6.07) is 0. The van der Waals surface area contributed by atoms with Gasteiger partial charge in [0.15, 0.2) is 0 Å². The van der Waals surface area contributed by atoms with Gasteiger partial charge in [-0.2, -0.15) is 0 Å². The van der Waals surface area contributed by atoms with Crippen LogP contribution in [0.5, 0.6) is 0 Å². The molecule has 1 aliphatic rings. The molecule has 1 heterocycles. The predicted octanol–water partition coefficient (Wildman–Crippen LogP) is 2.11. The molecule has 1 fully saturated rings. The van der Waals surface area contributed by atoms with Gasteiger partial charge in [-0.05, 0) is 25.7 Å². The first-order chi connectivity index (χ1) is 8.86. The molecule has 1 aromatic rings. The molecule has 0 spiro atoms. The Hall–Kier alpha value is -1.01. The Morgan fingerprint density at radius 1 is 1.68 bits per heavy atom. The van der Waals surface area contributed by atoms with Gasteiger partial charge in [-0.15, -0.1) is 11.3 Å². The highest BCUT2D eigenvalue weighted by atomic mass is 32.1. The van der Waals surface area contributed by atoms with Gasteiger partial charge in [-0.1, -0.05) is 19.1 Å². The fraction of sp³-hybridized carbons (Fsp3) is 0.615. The second-order valence-corrected chi connectivity index (χ2v) is 6.86. The highest BCUT2D eigenvalue weighted by molar-refractivity contribution is 7.80. The molecule has 4 nitrogen and oxygen atoms in total. The van der Waals surface area contributed by atoms with Crippen molar-refractivity contribution in [2.75, 3.05) is 7.05 Å². The lowest BCUT2D eigenvalue weighted by Crippen LogP contribution is -2.56. The second kappa shape index (κ2) is 5.17. The molecule has 2 rings (SSSR count). The number of amides is 1. The quantitative estimate of drug-likeness (QED) is 0.865. The van der Waals surface area contributed by atoms with E-state index in [0.717, 1.165) is 23.4 Å². The fourth-order valence-corrected chi connectivity index (χ4v) is 3.83. The average Bonchev–Trinajstić information content (AvgIpc) is 2.69. The van der Waals surface area contributed by atoms with Crippen LogP contribution < -0.4 is 5.73 Å². The molecule has 6 heteroatoms. The van der Waals surface area contributed by atoms with Crippen LogP contribution in [0, 0.1) is 18.3 Å². The molecular formula is C13H19N3OS2. The van der Waals surface area contributed by atoms with Crippen LogP contribution in [0.25, 0.3) is 0 Å². The normalized spacial score (nSPS) is 25.7. The monoisotopic (exact) mass is 297 g/mol. The highest BCUT2D eigenvalue weighted by Gasteiger charge is 2.51. The number of thiazole rings is 1. The Kier molecular flexibility index (Phi) is 3.92. The summed E-state index contributed by atoms with van der Waals surface area (Å²) in [7, 11) is 1.81. The fourth-order valence-electron chi connectivity index (χ4n) is 2.74. The van der Waals surface area contributed by atoms with Gasteiger partial charge in [0.05, 0.1) is 28.2 Å². The van der Waals surface area contributed by atoms with E-state index >= 15 is 0 Å². The molecule has 1 saturated carbocycles. The molecule has 1 amide bonds. The number of nitrogens with zero attached hydrogens (tertiary/aromatic N) is 2. The maximum absolute atomic E-state index is 12.6. The molecule has 1 aromatic heterocycles. The Bertz CT molecular complexity index is 506. The van der Waals surface area contributed by atoms with Gasteiger partial charge in [-0.25, -0.2) is 4.98 Å². The number of thiocarbonyl (C=S) groups is 1. The van der Waals surface area contributed by atoms with E-state index in [0.29, 0.717) is 17.5 Å². The summed E-state index contributed by atoms with van der Waals surface area (Å²) in [5.41, 5.74) is 7.99. The van der Waals surface area contributed by atoms with E-state index in [1.807, 2.05) is 14.0 Å².